The van der Waals surface area contributed by atoms with E-state index in [4.69, 9.17) is 4.74 Å². The molecular formula is C27H26FN3O4S2. The number of piperazine rings is 1. The highest BCUT2D eigenvalue weighted by Crippen LogP contribution is 2.33. The molecule has 1 aromatic heterocycles. The molecule has 5 rings (SSSR count). The summed E-state index contributed by atoms with van der Waals surface area (Å²) in [4.78, 5) is 18.0. The molecule has 1 saturated heterocycles. The average molecular weight is 540 g/mol. The van der Waals surface area contributed by atoms with Crippen LogP contribution in [0.15, 0.2) is 77.7 Å². The van der Waals surface area contributed by atoms with Gasteiger partial charge in [-0.05, 0) is 66.0 Å². The number of carbonyl (C=O) groups excluding carboxylic acids is 1. The fraction of sp³-hybridized carbons (Fsp3) is 0.222. The molecule has 0 N–H and O–H groups in total. The maximum absolute atomic E-state index is 13.3. The lowest BCUT2D eigenvalue weighted by Crippen LogP contribution is -2.48. The van der Waals surface area contributed by atoms with Crippen LogP contribution in [0.2, 0.25) is 0 Å². The summed E-state index contributed by atoms with van der Waals surface area (Å²) in [6, 6.07) is 19.7. The quantitative estimate of drug-likeness (QED) is 0.351. The molecule has 1 amide bonds. The largest absolute Gasteiger partial charge is 0.495 e. The Balaban J connectivity index is 1.31. The molecule has 2 heterocycles. The lowest BCUT2D eigenvalue weighted by atomic mass is 10.2. The lowest BCUT2D eigenvalue weighted by Gasteiger charge is -2.36. The van der Waals surface area contributed by atoms with Gasteiger partial charge in [0.05, 0.1) is 28.3 Å². The molecule has 0 spiro atoms. The van der Waals surface area contributed by atoms with E-state index < -0.39 is 15.8 Å². The van der Waals surface area contributed by atoms with Crippen LogP contribution < -0.4 is 13.9 Å². The number of anilines is 2. The summed E-state index contributed by atoms with van der Waals surface area (Å²) in [6.07, 6.45) is 0. The van der Waals surface area contributed by atoms with E-state index in [1.54, 1.807) is 19.2 Å². The van der Waals surface area contributed by atoms with Gasteiger partial charge in [-0.2, -0.15) is 0 Å². The number of rotatable bonds is 6. The molecule has 0 aliphatic carbocycles. The van der Waals surface area contributed by atoms with E-state index in [-0.39, 0.29) is 10.8 Å². The number of thiophene rings is 1. The molecule has 10 heteroatoms. The van der Waals surface area contributed by atoms with Crippen molar-refractivity contribution in [3.8, 4) is 5.75 Å². The van der Waals surface area contributed by atoms with Crippen molar-refractivity contribution in [1.29, 1.82) is 0 Å². The van der Waals surface area contributed by atoms with Gasteiger partial charge in [-0.25, -0.2) is 12.8 Å². The van der Waals surface area contributed by atoms with Crippen LogP contribution in [-0.2, 0) is 10.0 Å². The molecule has 3 aromatic carbocycles. The molecule has 0 radical (unpaired) electrons. The van der Waals surface area contributed by atoms with Crippen LogP contribution in [0.5, 0.6) is 5.75 Å². The van der Waals surface area contributed by atoms with Gasteiger partial charge >= 0.3 is 0 Å². The highest BCUT2D eigenvalue weighted by atomic mass is 32.2. The van der Waals surface area contributed by atoms with Crippen LogP contribution in [0.25, 0.3) is 10.1 Å². The van der Waals surface area contributed by atoms with Crippen LogP contribution in [0.4, 0.5) is 15.8 Å². The second-order valence-corrected chi connectivity index (χ2v) is 11.8. The number of methoxy groups -OCH3 is 1. The molecule has 37 heavy (non-hydrogen) atoms. The number of para-hydroxylation sites is 2. The summed E-state index contributed by atoms with van der Waals surface area (Å²) in [5, 5.41) is 0.791. The minimum Gasteiger partial charge on any atom is -0.495 e. The maximum atomic E-state index is 13.3. The number of halogens is 1. The molecule has 0 atom stereocenters. The third-order valence-electron chi connectivity index (χ3n) is 6.54. The van der Waals surface area contributed by atoms with E-state index in [0.717, 1.165) is 38.0 Å². The molecule has 0 saturated carbocycles. The van der Waals surface area contributed by atoms with Crippen molar-refractivity contribution in [2.24, 2.45) is 0 Å². The minimum absolute atomic E-state index is 0.00458. The zero-order chi connectivity index (χ0) is 26.2. The summed E-state index contributed by atoms with van der Waals surface area (Å²) in [7, 11) is -0.744. The maximum Gasteiger partial charge on any atom is 0.264 e. The Morgan fingerprint density at radius 3 is 2.38 bits per heavy atom. The van der Waals surface area contributed by atoms with Crippen LogP contribution in [0.1, 0.15) is 9.67 Å². The van der Waals surface area contributed by atoms with Gasteiger partial charge in [-0.3, -0.25) is 9.10 Å². The Morgan fingerprint density at radius 1 is 0.973 bits per heavy atom. The first-order chi connectivity index (χ1) is 17.8. The Kier molecular flexibility index (Phi) is 6.78. The zero-order valence-electron chi connectivity index (χ0n) is 20.4. The van der Waals surface area contributed by atoms with Crippen molar-refractivity contribution < 1.29 is 22.3 Å². The van der Waals surface area contributed by atoms with E-state index in [1.165, 1.54) is 30.5 Å². The third-order valence-corrected chi connectivity index (χ3v) is 9.44. The van der Waals surface area contributed by atoms with Crippen LogP contribution in [-0.4, -0.2) is 59.6 Å². The van der Waals surface area contributed by atoms with Crippen molar-refractivity contribution in [3.05, 3.63) is 83.5 Å². The van der Waals surface area contributed by atoms with E-state index in [2.05, 4.69) is 4.90 Å². The van der Waals surface area contributed by atoms with E-state index in [1.807, 2.05) is 41.3 Å². The standard InChI is InChI=1S/C27H26FN3O4S2/c1-29(37(33,34)22-10-7-20(28)8-11-22)21-9-12-25-19(17-21)18-26(36-25)27(32)31-15-13-30(14-16-31)23-5-3-4-6-24(23)35-2/h3-12,17-18H,13-16H2,1-2H3. The molecule has 192 valence electrons. The number of ether oxygens (including phenoxy) is 1. The van der Waals surface area contributed by atoms with Gasteiger partial charge in [0, 0.05) is 37.9 Å². The summed E-state index contributed by atoms with van der Waals surface area (Å²) < 4.78 is 46.8. The zero-order valence-corrected chi connectivity index (χ0v) is 22.1. The topological polar surface area (TPSA) is 70.2 Å². The summed E-state index contributed by atoms with van der Waals surface area (Å²) in [6.45, 7) is 2.59. The average Bonchev–Trinajstić information content (AvgIpc) is 3.36. The summed E-state index contributed by atoms with van der Waals surface area (Å²) >= 11 is 1.39. The number of nitrogens with zero attached hydrogens (tertiary/aromatic N) is 3. The van der Waals surface area contributed by atoms with Gasteiger partial charge < -0.3 is 14.5 Å². The first kappa shape index (κ1) is 25.0. The second-order valence-electron chi connectivity index (χ2n) is 8.71. The Bertz CT molecular complexity index is 1550. The molecule has 4 aromatic rings. The number of amides is 1. The number of benzene rings is 3. The molecular weight excluding hydrogens is 513 g/mol. The normalized spacial score (nSPS) is 14.1. The Morgan fingerprint density at radius 2 is 1.68 bits per heavy atom. The van der Waals surface area contributed by atoms with Gasteiger partial charge in [0.2, 0.25) is 0 Å². The van der Waals surface area contributed by atoms with Crippen molar-refractivity contribution in [2.45, 2.75) is 4.90 Å². The van der Waals surface area contributed by atoms with Gasteiger partial charge in [0.1, 0.15) is 11.6 Å². The smallest absolute Gasteiger partial charge is 0.264 e. The molecule has 1 aliphatic rings. The molecule has 1 aliphatic heterocycles. The number of fused-ring (bicyclic) bond motifs is 1. The Hall–Kier alpha value is -3.63. The van der Waals surface area contributed by atoms with Crippen molar-refractivity contribution in [2.75, 3.05) is 49.5 Å². The minimum atomic E-state index is -3.86. The van der Waals surface area contributed by atoms with E-state index in [9.17, 15) is 17.6 Å². The van der Waals surface area contributed by atoms with E-state index in [0.29, 0.717) is 36.7 Å². The predicted octanol–water partition coefficient (Wildman–Crippen LogP) is 4.84. The van der Waals surface area contributed by atoms with Gasteiger partial charge in [0.15, 0.2) is 0 Å². The van der Waals surface area contributed by atoms with Crippen LogP contribution in [0, 0.1) is 5.82 Å². The lowest BCUT2D eigenvalue weighted by molar-refractivity contribution is 0.0751. The second kappa shape index (κ2) is 10.0. The number of sulfonamides is 1. The number of hydrogen-bond acceptors (Lipinski definition) is 6. The number of carbonyl (C=O) groups is 1. The predicted molar refractivity (Wildman–Crippen MR) is 145 cm³/mol. The van der Waals surface area contributed by atoms with Gasteiger partial charge in [-0.15, -0.1) is 11.3 Å². The first-order valence-corrected chi connectivity index (χ1v) is 14.0. The summed E-state index contributed by atoms with van der Waals surface area (Å²) in [5.41, 5.74) is 1.48. The van der Waals surface area contributed by atoms with E-state index >= 15 is 0 Å². The van der Waals surface area contributed by atoms with Gasteiger partial charge in [0.25, 0.3) is 15.9 Å². The highest BCUT2D eigenvalue weighted by Gasteiger charge is 2.26. The van der Waals surface area contributed by atoms with Gasteiger partial charge in [-0.1, -0.05) is 12.1 Å². The molecule has 7 nitrogen and oxygen atoms in total. The Labute approximate surface area is 219 Å². The highest BCUT2D eigenvalue weighted by molar-refractivity contribution is 7.92. The van der Waals surface area contributed by atoms with Crippen LogP contribution in [0.3, 0.4) is 0 Å². The SMILES string of the molecule is COc1ccccc1N1CCN(C(=O)c2cc3cc(N(C)S(=O)(=O)c4ccc(F)cc4)ccc3s2)CC1. The molecule has 0 bridgehead atoms. The van der Waals surface area contributed by atoms with Crippen LogP contribution >= 0.6 is 11.3 Å². The molecule has 0 unspecified atom stereocenters. The summed E-state index contributed by atoms with van der Waals surface area (Å²) in [5.74, 6) is 0.281. The van der Waals surface area contributed by atoms with Crippen molar-refractivity contribution >= 4 is 48.7 Å². The van der Waals surface area contributed by atoms with Crippen molar-refractivity contribution in [1.82, 2.24) is 4.90 Å². The van der Waals surface area contributed by atoms with Crippen molar-refractivity contribution in [3.63, 3.8) is 0 Å². The number of hydrogen-bond donors (Lipinski definition) is 0. The monoisotopic (exact) mass is 539 g/mol. The first-order valence-electron chi connectivity index (χ1n) is 11.7. The fourth-order valence-electron chi connectivity index (χ4n) is 4.43. The third kappa shape index (κ3) is 4.86. The molecule has 1 fully saturated rings. The fourth-order valence-corrected chi connectivity index (χ4v) is 6.63.